The number of unbranched alkanes of at least 4 members (excludes halogenated alkanes) is 2. The number of nitrogens with one attached hydrogen (secondary N) is 2. The summed E-state index contributed by atoms with van der Waals surface area (Å²) in [6, 6.07) is 18.1. The molecule has 0 spiro atoms. The number of carbonyl (C=O) groups excluding carboxylic acids is 2. The first-order valence-corrected chi connectivity index (χ1v) is 15.3. The van der Waals surface area contributed by atoms with Crippen LogP contribution in [0.5, 0.6) is 0 Å². The molecule has 4 rings (SSSR count). The van der Waals surface area contributed by atoms with E-state index in [1.165, 1.54) is 24.8 Å². The van der Waals surface area contributed by atoms with Crippen molar-refractivity contribution in [2.75, 3.05) is 17.6 Å². The molecule has 3 aromatic rings. The summed E-state index contributed by atoms with van der Waals surface area (Å²) >= 11 is 1.32. The third-order valence-corrected chi connectivity index (χ3v) is 8.06. The molecule has 43 heavy (non-hydrogen) atoms. The number of thioether (sulfide) groups is 1. The van der Waals surface area contributed by atoms with Gasteiger partial charge in [-0.2, -0.15) is 0 Å². The highest BCUT2D eigenvalue weighted by Crippen LogP contribution is 2.40. The lowest BCUT2D eigenvalue weighted by atomic mass is 10.0. The van der Waals surface area contributed by atoms with Crippen LogP contribution in [0.25, 0.3) is 0 Å². The summed E-state index contributed by atoms with van der Waals surface area (Å²) in [4.78, 5) is 39.4. The first-order valence-electron chi connectivity index (χ1n) is 14.3. The molecule has 1 aliphatic rings. The van der Waals surface area contributed by atoms with E-state index >= 15 is 0 Å². The van der Waals surface area contributed by atoms with Crippen LogP contribution in [-0.2, 0) is 25.7 Å². The molecule has 2 heterocycles. The summed E-state index contributed by atoms with van der Waals surface area (Å²) in [6.07, 6.45) is 3.53. The average Bonchev–Trinajstić information content (AvgIpc) is 3.01. The summed E-state index contributed by atoms with van der Waals surface area (Å²) in [5.41, 5.74) is 3.25. The number of aliphatic hydroxyl groups is 1. The second-order valence-corrected chi connectivity index (χ2v) is 11.3. The molecule has 11 heteroatoms. The van der Waals surface area contributed by atoms with Gasteiger partial charge in [0.05, 0.1) is 24.4 Å². The Labute approximate surface area is 255 Å². The number of benzene rings is 2. The van der Waals surface area contributed by atoms with E-state index in [4.69, 9.17) is 9.47 Å². The molecule has 3 atom stereocenters. The summed E-state index contributed by atoms with van der Waals surface area (Å²) in [5.74, 6) is -0.726. The lowest BCUT2D eigenvalue weighted by Gasteiger charge is -2.36. The molecule has 3 unspecified atom stereocenters. The highest BCUT2D eigenvalue weighted by Gasteiger charge is 2.32. The Hall–Kier alpha value is -3.77. The maximum absolute atomic E-state index is 12.6. The fourth-order valence-electron chi connectivity index (χ4n) is 4.70. The Morgan fingerprint density at radius 2 is 1.81 bits per heavy atom. The maximum Gasteiger partial charge on any atom is 0.338 e. The van der Waals surface area contributed by atoms with Crippen molar-refractivity contribution in [2.45, 2.75) is 69.2 Å². The zero-order chi connectivity index (χ0) is 30.6. The van der Waals surface area contributed by atoms with E-state index in [1.807, 2.05) is 48.5 Å². The number of hydrogen-bond donors (Lipinski definition) is 4. The van der Waals surface area contributed by atoms with Gasteiger partial charge < -0.3 is 30.3 Å². The highest BCUT2D eigenvalue weighted by molar-refractivity contribution is 7.99. The Morgan fingerprint density at radius 1 is 1.00 bits per heavy atom. The number of ether oxygens (including phenoxy) is 2. The number of aromatic nitrogens is 1. The Bertz CT molecular complexity index is 1390. The van der Waals surface area contributed by atoms with E-state index < -0.39 is 12.3 Å². The van der Waals surface area contributed by atoms with Gasteiger partial charge in [-0.1, -0.05) is 42.8 Å². The molecular weight excluding hydrogens is 570 g/mol. The molecule has 0 bridgehead atoms. The SMILES string of the molecule is CC(=O)NCCCCCC(=O)Nc1cccc(C2OC(CSc3ncccc3C(=O)O)CC(c3ccc(CO)cc3)O2)c1. The molecule has 0 aliphatic carbocycles. The lowest BCUT2D eigenvalue weighted by Crippen LogP contribution is -2.31. The van der Waals surface area contributed by atoms with E-state index in [2.05, 4.69) is 15.6 Å². The van der Waals surface area contributed by atoms with Crippen molar-refractivity contribution in [3.63, 3.8) is 0 Å². The number of carbonyl (C=O) groups is 3. The summed E-state index contributed by atoms with van der Waals surface area (Å²) in [6.45, 7) is 2.04. The molecule has 228 valence electrons. The number of anilines is 1. The first-order chi connectivity index (χ1) is 20.8. The van der Waals surface area contributed by atoms with E-state index in [1.54, 1.807) is 12.3 Å². The molecule has 10 nitrogen and oxygen atoms in total. The number of pyridine rings is 1. The van der Waals surface area contributed by atoms with Gasteiger partial charge in [0.25, 0.3) is 0 Å². The van der Waals surface area contributed by atoms with Gasteiger partial charge in [0.2, 0.25) is 11.8 Å². The monoisotopic (exact) mass is 607 g/mol. The van der Waals surface area contributed by atoms with Crippen molar-refractivity contribution in [2.24, 2.45) is 0 Å². The van der Waals surface area contributed by atoms with Crippen LogP contribution in [0.15, 0.2) is 71.9 Å². The van der Waals surface area contributed by atoms with Gasteiger partial charge in [-0.3, -0.25) is 9.59 Å². The normalized spacial score (nSPS) is 18.1. The molecule has 4 N–H and O–H groups in total. The van der Waals surface area contributed by atoms with Gasteiger partial charge in [0.1, 0.15) is 5.03 Å². The summed E-state index contributed by atoms with van der Waals surface area (Å²) in [7, 11) is 0. The van der Waals surface area contributed by atoms with Crippen LogP contribution >= 0.6 is 11.8 Å². The molecule has 1 saturated heterocycles. The van der Waals surface area contributed by atoms with Crippen molar-refractivity contribution in [1.29, 1.82) is 0 Å². The first kappa shape index (κ1) is 32.2. The minimum Gasteiger partial charge on any atom is -0.478 e. The highest BCUT2D eigenvalue weighted by atomic mass is 32.2. The zero-order valence-electron chi connectivity index (χ0n) is 24.0. The minimum absolute atomic E-state index is 0.0532. The van der Waals surface area contributed by atoms with E-state index in [0.29, 0.717) is 35.9 Å². The smallest absolute Gasteiger partial charge is 0.338 e. The van der Waals surface area contributed by atoms with Crippen molar-refractivity contribution in [3.8, 4) is 0 Å². The second kappa shape index (κ2) is 16.2. The third-order valence-electron chi connectivity index (χ3n) is 6.92. The Morgan fingerprint density at radius 3 is 2.56 bits per heavy atom. The van der Waals surface area contributed by atoms with Gasteiger partial charge in [0.15, 0.2) is 6.29 Å². The number of hydrogen-bond acceptors (Lipinski definition) is 8. The van der Waals surface area contributed by atoms with Gasteiger partial charge in [-0.25, -0.2) is 9.78 Å². The molecule has 2 aromatic carbocycles. The minimum atomic E-state index is -1.04. The fourth-order valence-corrected chi connectivity index (χ4v) is 5.71. The molecule has 0 radical (unpaired) electrons. The lowest BCUT2D eigenvalue weighted by molar-refractivity contribution is -0.245. The van der Waals surface area contributed by atoms with Crippen LogP contribution in [0.1, 0.15) is 78.5 Å². The van der Waals surface area contributed by atoms with E-state index in [9.17, 15) is 24.6 Å². The average molecular weight is 608 g/mol. The van der Waals surface area contributed by atoms with Crippen molar-refractivity contribution < 1.29 is 34.1 Å². The van der Waals surface area contributed by atoms with Gasteiger partial charge in [-0.05, 0) is 48.2 Å². The molecule has 2 amide bonds. The standard InChI is InChI=1S/C32H37N3O7S/c1-21(37)33-15-4-2-3-10-29(38)35-25-8-5-7-24(17-25)32-41-26(20-43-30-27(31(39)40)9-6-16-34-30)18-28(42-32)23-13-11-22(19-36)12-14-23/h5-9,11-14,16-17,26,28,32,36H,2-4,10,15,18-20H2,1H3,(H,33,37)(H,35,38)(H,39,40). The number of carboxylic acid groups (broad SMARTS) is 1. The fraction of sp³-hybridized carbons (Fsp3) is 0.375. The summed E-state index contributed by atoms with van der Waals surface area (Å²) < 4.78 is 12.8. The van der Waals surface area contributed by atoms with Crippen molar-refractivity contribution >= 4 is 35.2 Å². The van der Waals surface area contributed by atoms with Crippen LogP contribution < -0.4 is 10.6 Å². The molecule has 0 saturated carbocycles. The second-order valence-electron chi connectivity index (χ2n) is 10.3. The molecule has 1 aliphatic heterocycles. The molecular formula is C32H37N3O7S. The number of carboxylic acids is 1. The summed E-state index contributed by atoms with van der Waals surface area (Å²) in [5, 5.41) is 25.1. The number of nitrogens with zero attached hydrogens (tertiary/aromatic N) is 1. The van der Waals surface area contributed by atoms with Crippen LogP contribution in [0.3, 0.4) is 0 Å². The zero-order valence-corrected chi connectivity index (χ0v) is 24.8. The molecule has 1 aromatic heterocycles. The van der Waals surface area contributed by atoms with Crippen molar-refractivity contribution in [3.05, 3.63) is 89.1 Å². The van der Waals surface area contributed by atoms with E-state index in [0.717, 1.165) is 36.0 Å². The number of amides is 2. The topological polar surface area (TPSA) is 147 Å². The number of aromatic carboxylic acids is 1. The number of aliphatic hydroxyl groups excluding tert-OH is 1. The van der Waals surface area contributed by atoms with Gasteiger partial charge in [0, 0.05) is 49.5 Å². The Kier molecular flexibility index (Phi) is 12.1. The largest absolute Gasteiger partial charge is 0.478 e. The third kappa shape index (κ3) is 9.89. The Balaban J connectivity index is 1.43. The number of rotatable bonds is 14. The van der Waals surface area contributed by atoms with Gasteiger partial charge >= 0.3 is 5.97 Å². The predicted octanol–water partition coefficient (Wildman–Crippen LogP) is 5.24. The predicted molar refractivity (Wildman–Crippen MR) is 163 cm³/mol. The quantitative estimate of drug-likeness (QED) is 0.143. The van der Waals surface area contributed by atoms with Crippen LogP contribution in [-0.4, -0.2) is 51.4 Å². The van der Waals surface area contributed by atoms with Crippen LogP contribution in [0.4, 0.5) is 5.69 Å². The maximum atomic E-state index is 12.6. The van der Waals surface area contributed by atoms with Crippen LogP contribution in [0, 0.1) is 0 Å². The van der Waals surface area contributed by atoms with Crippen LogP contribution in [0.2, 0.25) is 0 Å². The van der Waals surface area contributed by atoms with Crippen molar-refractivity contribution in [1.82, 2.24) is 10.3 Å². The van der Waals surface area contributed by atoms with Gasteiger partial charge in [-0.15, -0.1) is 11.8 Å². The van der Waals surface area contributed by atoms with E-state index in [-0.39, 0.29) is 36.2 Å². The molecule has 1 fully saturated rings.